The van der Waals surface area contributed by atoms with E-state index in [2.05, 4.69) is 10.6 Å². The van der Waals surface area contributed by atoms with Gasteiger partial charge in [-0.3, -0.25) is 9.59 Å². The Kier molecular flexibility index (Phi) is 6.70. The predicted octanol–water partition coefficient (Wildman–Crippen LogP) is 2.11. The highest BCUT2D eigenvalue weighted by Crippen LogP contribution is 2.06. The molecular formula is C15H21FN2O2. The summed E-state index contributed by atoms with van der Waals surface area (Å²) >= 11 is 0. The van der Waals surface area contributed by atoms with Crippen LogP contribution in [0.4, 0.5) is 4.39 Å². The molecule has 0 aromatic heterocycles. The molecule has 0 aliphatic carbocycles. The van der Waals surface area contributed by atoms with E-state index in [-0.39, 0.29) is 23.5 Å². The van der Waals surface area contributed by atoms with E-state index in [1.165, 1.54) is 24.3 Å². The van der Waals surface area contributed by atoms with Crippen LogP contribution in [0.5, 0.6) is 0 Å². The normalized spacial score (nSPS) is 10.4. The van der Waals surface area contributed by atoms with E-state index in [1.54, 1.807) is 0 Å². The smallest absolute Gasteiger partial charge is 0.251 e. The minimum Gasteiger partial charge on any atom is -0.354 e. The predicted molar refractivity (Wildman–Crippen MR) is 75.8 cm³/mol. The number of carbonyl (C=O) groups is 2. The molecule has 4 nitrogen and oxygen atoms in total. The first-order chi connectivity index (χ1) is 9.58. The molecule has 0 unspecified atom stereocenters. The Balaban J connectivity index is 2.29. The standard InChI is InChI=1S/C15H21FN2O2/c1-3-11(4-2)14(19)17-9-10-18-15(20)12-5-7-13(16)8-6-12/h5-8,11H,3-4,9-10H2,1-2H3,(H,17,19)(H,18,20). The molecule has 0 bridgehead atoms. The molecule has 0 fully saturated rings. The fourth-order valence-corrected chi connectivity index (χ4v) is 1.87. The van der Waals surface area contributed by atoms with Gasteiger partial charge in [0, 0.05) is 24.6 Å². The van der Waals surface area contributed by atoms with E-state index in [0.717, 1.165) is 12.8 Å². The maximum Gasteiger partial charge on any atom is 0.251 e. The van der Waals surface area contributed by atoms with Gasteiger partial charge in [0.2, 0.25) is 5.91 Å². The van der Waals surface area contributed by atoms with Gasteiger partial charge in [-0.25, -0.2) is 4.39 Å². The summed E-state index contributed by atoms with van der Waals surface area (Å²) in [6, 6.07) is 5.33. The SMILES string of the molecule is CCC(CC)C(=O)NCCNC(=O)c1ccc(F)cc1. The number of carbonyl (C=O) groups excluding carboxylic acids is 2. The zero-order chi connectivity index (χ0) is 15.0. The lowest BCUT2D eigenvalue weighted by atomic mass is 10.0. The molecule has 1 rings (SSSR count). The Morgan fingerprint density at radius 2 is 1.60 bits per heavy atom. The molecule has 0 spiro atoms. The van der Waals surface area contributed by atoms with Crippen molar-refractivity contribution < 1.29 is 14.0 Å². The molecule has 0 aliphatic heterocycles. The van der Waals surface area contributed by atoms with Gasteiger partial charge in [-0.05, 0) is 37.1 Å². The number of rotatable bonds is 7. The van der Waals surface area contributed by atoms with Gasteiger partial charge >= 0.3 is 0 Å². The second-order valence-electron chi connectivity index (χ2n) is 4.57. The molecule has 2 amide bonds. The molecule has 0 radical (unpaired) electrons. The number of hydrogen-bond donors (Lipinski definition) is 2. The Morgan fingerprint density at radius 3 is 2.15 bits per heavy atom. The molecule has 20 heavy (non-hydrogen) atoms. The summed E-state index contributed by atoms with van der Waals surface area (Å²) < 4.78 is 12.7. The average molecular weight is 280 g/mol. The van der Waals surface area contributed by atoms with Gasteiger partial charge in [-0.15, -0.1) is 0 Å². The van der Waals surface area contributed by atoms with Gasteiger partial charge in [0.1, 0.15) is 5.82 Å². The maximum atomic E-state index is 12.7. The van der Waals surface area contributed by atoms with Crippen molar-refractivity contribution in [2.75, 3.05) is 13.1 Å². The number of halogens is 1. The van der Waals surface area contributed by atoms with Crippen molar-refractivity contribution >= 4 is 11.8 Å². The van der Waals surface area contributed by atoms with Crippen molar-refractivity contribution in [3.05, 3.63) is 35.6 Å². The lowest BCUT2D eigenvalue weighted by Gasteiger charge is -2.13. The van der Waals surface area contributed by atoms with E-state index in [9.17, 15) is 14.0 Å². The van der Waals surface area contributed by atoms with Gasteiger partial charge in [0.15, 0.2) is 0 Å². The summed E-state index contributed by atoms with van der Waals surface area (Å²) in [5.74, 6) is -0.602. The number of hydrogen-bond acceptors (Lipinski definition) is 2. The quantitative estimate of drug-likeness (QED) is 0.752. The van der Waals surface area contributed by atoms with Crippen LogP contribution in [0.15, 0.2) is 24.3 Å². The number of benzene rings is 1. The third-order valence-corrected chi connectivity index (χ3v) is 3.17. The van der Waals surface area contributed by atoms with E-state index >= 15 is 0 Å². The molecule has 0 saturated heterocycles. The molecule has 2 N–H and O–H groups in total. The minimum atomic E-state index is -0.376. The van der Waals surface area contributed by atoms with Crippen LogP contribution in [0.3, 0.4) is 0 Å². The van der Waals surface area contributed by atoms with Crippen LogP contribution in [-0.4, -0.2) is 24.9 Å². The zero-order valence-corrected chi connectivity index (χ0v) is 11.9. The molecule has 5 heteroatoms. The summed E-state index contributed by atoms with van der Waals surface area (Å²) in [4.78, 5) is 23.4. The van der Waals surface area contributed by atoms with E-state index in [1.807, 2.05) is 13.8 Å². The van der Waals surface area contributed by atoms with Gasteiger partial charge in [0.25, 0.3) is 5.91 Å². The first-order valence-corrected chi connectivity index (χ1v) is 6.90. The van der Waals surface area contributed by atoms with Gasteiger partial charge < -0.3 is 10.6 Å². The Bertz CT molecular complexity index is 442. The van der Waals surface area contributed by atoms with Crippen LogP contribution in [0.2, 0.25) is 0 Å². The largest absolute Gasteiger partial charge is 0.354 e. The van der Waals surface area contributed by atoms with E-state index in [0.29, 0.717) is 18.7 Å². The lowest BCUT2D eigenvalue weighted by molar-refractivity contribution is -0.125. The molecule has 0 atom stereocenters. The number of amides is 2. The zero-order valence-electron chi connectivity index (χ0n) is 11.9. The first kappa shape index (κ1) is 16.1. The van der Waals surface area contributed by atoms with Gasteiger partial charge in [0.05, 0.1) is 0 Å². The molecule has 110 valence electrons. The summed E-state index contributed by atoms with van der Waals surface area (Å²) in [6.07, 6.45) is 1.62. The molecule has 1 aromatic rings. The van der Waals surface area contributed by atoms with Crippen LogP contribution in [0, 0.1) is 11.7 Å². The summed E-state index contributed by atoms with van der Waals surface area (Å²) in [5.41, 5.74) is 0.401. The fraction of sp³-hybridized carbons (Fsp3) is 0.467. The molecular weight excluding hydrogens is 259 g/mol. The third-order valence-electron chi connectivity index (χ3n) is 3.17. The second kappa shape index (κ2) is 8.30. The van der Waals surface area contributed by atoms with Crippen molar-refractivity contribution in [3.8, 4) is 0 Å². The van der Waals surface area contributed by atoms with Crippen molar-refractivity contribution in [1.29, 1.82) is 0 Å². The van der Waals surface area contributed by atoms with E-state index < -0.39 is 0 Å². The lowest BCUT2D eigenvalue weighted by Crippen LogP contribution is -2.37. The first-order valence-electron chi connectivity index (χ1n) is 6.90. The average Bonchev–Trinajstić information content (AvgIpc) is 2.45. The highest BCUT2D eigenvalue weighted by Gasteiger charge is 2.13. The topological polar surface area (TPSA) is 58.2 Å². The molecule has 1 aromatic carbocycles. The molecule has 0 saturated carbocycles. The molecule has 0 heterocycles. The minimum absolute atomic E-state index is 0.0195. The van der Waals surface area contributed by atoms with Crippen LogP contribution < -0.4 is 10.6 Å². The van der Waals surface area contributed by atoms with Crippen LogP contribution in [-0.2, 0) is 4.79 Å². The van der Waals surface area contributed by atoms with Crippen LogP contribution in [0.25, 0.3) is 0 Å². The summed E-state index contributed by atoms with van der Waals surface area (Å²) in [6.45, 7) is 4.69. The second-order valence-corrected chi connectivity index (χ2v) is 4.57. The van der Waals surface area contributed by atoms with Crippen molar-refractivity contribution in [1.82, 2.24) is 10.6 Å². The van der Waals surface area contributed by atoms with Crippen molar-refractivity contribution in [3.63, 3.8) is 0 Å². The Labute approximate surface area is 118 Å². The Hall–Kier alpha value is -1.91. The summed E-state index contributed by atoms with van der Waals surface area (Å²) in [7, 11) is 0. The third kappa shape index (κ3) is 4.99. The fourth-order valence-electron chi connectivity index (χ4n) is 1.87. The van der Waals surface area contributed by atoms with Crippen LogP contribution >= 0.6 is 0 Å². The van der Waals surface area contributed by atoms with E-state index in [4.69, 9.17) is 0 Å². The van der Waals surface area contributed by atoms with Gasteiger partial charge in [-0.2, -0.15) is 0 Å². The molecule has 0 aliphatic rings. The van der Waals surface area contributed by atoms with Gasteiger partial charge in [-0.1, -0.05) is 13.8 Å². The van der Waals surface area contributed by atoms with Crippen molar-refractivity contribution in [2.24, 2.45) is 5.92 Å². The highest BCUT2D eigenvalue weighted by atomic mass is 19.1. The monoisotopic (exact) mass is 280 g/mol. The highest BCUT2D eigenvalue weighted by molar-refractivity contribution is 5.94. The number of nitrogens with one attached hydrogen (secondary N) is 2. The summed E-state index contributed by atoms with van der Waals surface area (Å²) in [5, 5.41) is 5.46. The van der Waals surface area contributed by atoms with Crippen LogP contribution in [0.1, 0.15) is 37.0 Å². The Morgan fingerprint density at radius 1 is 1.05 bits per heavy atom. The maximum absolute atomic E-state index is 12.7. The van der Waals surface area contributed by atoms with Crippen molar-refractivity contribution in [2.45, 2.75) is 26.7 Å².